The first-order chi connectivity index (χ1) is 13.6. The Balaban J connectivity index is 0.00000160. The maximum Gasteiger partial charge on any atom is 0.254 e. The zero-order chi connectivity index (χ0) is 19.7. The number of rotatable bonds is 3. The van der Waals surface area contributed by atoms with E-state index in [2.05, 4.69) is 37.4 Å². The van der Waals surface area contributed by atoms with E-state index >= 15 is 0 Å². The zero-order valence-corrected chi connectivity index (χ0v) is 19.3. The first-order valence-corrected chi connectivity index (χ1v) is 10.0. The van der Waals surface area contributed by atoms with Gasteiger partial charge in [-0.25, -0.2) is 4.98 Å². The number of aryl methyl sites for hydroxylation is 2. The lowest BCUT2D eigenvalue weighted by molar-refractivity contribution is 0.0709. The summed E-state index contributed by atoms with van der Waals surface area (Å²) < 4.78 is 0. The van der Waals surface area contributed by atoms with Crippen molar-refractivity contribution < 1.29 is 4.79 Å². The number of likely N-dealkylation sites (tertiary alicyclic amines) is 1. The molecule has 6 heteroatoms. The van der Waals surface area contributed by atoms with Gasteiger partial charge in [0.1, 0.15) is 0 Å². The minimum absolute atomic E-state index is 0. The number of para-hydroxylation sites is 1. The summed E-state index contributed by atoms with van der Waals surface area (Å²) in [6.07, 6.45) is 1.99. The topological polar surface area (TPSA) is 45.2 Å². The Hall–Kier alpha value is -2.14. The van der Waals surface area contributed by atoms with Crippen LogP contribution in [0.1, 0.15) is 34.3 Å². The lowest BCUT2D eigenvalue weighted by Crippen LogP contribution is -2.44. The third-order valence-electron chi connectivity index (χ3n) is 5.79. The normalized spacial score (nSPS) is 14.2. The van der Waals surface area contributed by atoms with E-state index in [1.807, 2.05) is 42.3 Å². The molecule has 1 N–H and O–H groups in total. The van der Waals surface area contributed by atoms with Gasteiger partial charge in [0, 0.05) is 30.1 Å². The third-order valence-corrected chi connectivity index (χ3v) is 5.79. The highest BCUT2D eigenvalue weighted by molar-refractivity contribution is 6.07. The molecule has 0 bridgehead atoms. The van der Waals surface area contributed by atoms with Gasteiger partial charge in [0.25, 0.3) is 5.91 Å². The number of aromatic nitrogens is 1. The summed E-state index contributed by atoms with van der Waals surface area (Å²) in [5.41, 5.74) is 5.97. The molecule has 1 aliphatic heterocycles. The van der Waals surface area contributed by atoms with E-state index in [4.69, 9.17) is 4.98 Å². The van der Waals surface area contributed by atoms with Gasteiger partial charge in [-0.1, -0.05) is 42.0 Å². The first kappa shape index (κ1) is 24.1. The maximum atomic E-state index is 13.4. The number of piperidine rings is 1. The van der Waals surface area contributed by atoms with Crippen LogP contribution in [0, 0.1) is 13.8 Å². The van der Waals surface area contributed by atoms with Crippen LogP contribution in [0.4, 0.5) is 0 Å². The molecule has 1 aromatic heterocycles. The molecule has 0 unspecified atom stereocenters. The van der Waals surface area contributed by atoms with Gasteiger partial charge >= 0.3 is 0 Å². The van der Waals surface area contributed by atoms with Gasteiger partial charge in [-0.05, 0) is 51.4 Å². The van der Waals surface area contributed by atoms with Crippen LogP contribution < -0.4 is 5.32 Å². The average Bonchev–Trinajstić information content (AvgIpc) is 2.72. The van der Waals surface area contributed by atoms with Gasteiger partial charge < -0.3 is 10.2 Å². The van der Waals surface area contributed by atoms with Gasteiger partial charge in [0.15, 0.2) is 0 Å². The summed E-state index contributed by atoms with van der Waals surface area (Å²) in [5.74, 6) is 0.110. The number of nitrogens with zero attached hydrogens (tertiary/aromatic N) is 2. The Labute approximate surface area is 190 Å². The fourth-order valence-corrected chi connectivity index (χ4v) is 4.13. The molecule has 1 amide bonds. The van der Waals surface area contributed by atoms with E-state index in [0.29, 0.717) is 6.04 Å². The zero-order valence-electron chi connectivity index (χ0n) is 17.6. The Morgan fingerprint density at radius 1 is 1.03 bits per heavy atom. The van der Waals surface area contributed by atoms with Gasteiger partial charge in [0.2, 0.25) is 0 Å². The summed E-state index contributed by atoms with van der Waals surface area (Å²) in [7, 11) is 1.99. The number of pyridine rings is 1. The van der Waals surface area contributed by atoms with Crippen LogP contribution >= 0.6 is 24.8 Å². The predicted octanol–water partition coefficient (Wildman–Crippen LogP) is 5.19. The minimum atomic E-state index is 0. The van der Waals surface area contributed by atoms with Crippen molar-refractivity contribution in [1.82, 2.24) is 15.2 Å². The van der Waals surface area contributed by atoms with Crippen molar-refractivity contribution in [3.63, 3.8) is 0 Å². The van der Waals surface area contributed by atoms with Gasteiger partial charge in [-0.3, -0.25) is 4.79 Å². The fraction of sp³-hybridized carbons (Fsp3) is 0.333. The number of halogens is 2. The summed E-state index contributed by atoms with van der Waals surface area (Å²) in [5, 5.41) is 4.25. The van der Waals surface area contributed by atoms with E-state index in [1.54, 1.807) is 0 Å². The first-order valence-electron chi connectivity index (χ1n) is 10.0. The molecular formula is C24H29Cl2N3O. The van der Waals surface area contributed by atoms with Crippen LogP contribution in [-0.2, 0) is 0 Å². The molecular weight excluding hydrogens is 417 g/mol. The van der Waals surface area contributed by atoms with Crippen LogP contribution in [0.25, 0.3) is 22.2 Å². The molecule has 0 saturated carbocycles. The predicted molar refractivity (Wildman–Crippen MR) is 129 cm³/mol. The number of nitrogens with one attached hydrogen (secondary N) is 1. The molecule has 4 nitrogen and oxygen atoms in total. The van der Waals surface area contributed by atoms with Crippen molar-refractivity contribution in [2.75, 3.05) is 20.1 Å². The van der Waals surface area contributed by atoms with Gasteiger partial charge in [-0.15, -0.1) is 24.8 Å². The molecule has 30 heavy (non-hydrogen) atoms. The highest BCUT2D eigenvalue weighted by atomic mass is 35.5. The highest BCUT2D eigenvalue weighted by Crippen LogP contribution is 2.29. The number of carbonyl (C=O) groups is 1. The second kappa shape index (κ2) is 10.3. The van der Waals surface area contributed by atoms with E-state index in [9.17, 15) is 4.79 Å². The van der Waals surface area contributed by atoms with Crippen LogP contribution in [0.5, 0.6) is 0 Å². The number of benzene rings is 2. The fourth-order valence-electron chi connectivity index (χ4n) is 4.13. The number of amides is 1. The van der Waals surface area contributed by atoms with Crippen molar-refractivity contribution in [2.45, 2.75) is 32.7 Å². The standard InChI is InChI=1S/C24H27N3O.2ClH/c1-16-8-9-19(17(2)14-16)23-15-21(20-6-4-5-7-22(20)26-23)24(28)27-12-10-18(25-3)11-13-27;;/h4-9,14-15,18,25H,10-13H2,1-3H3;2*1H. The maximum absolute atomic E-state index is 13.4. The number of hydrogen-bond donors (Lipinski definition) is 1. The van der Waals surface area contributed by atoms with Gasteiger partial charge in [0.05, 0.1) is 16.8 Å². The van der Waals surface area contributed by atoms with Crippen molar-refractivity contribution in [1.29, 1.82) is 0 Å². The number of carbonyl (C=O) groups excluding carboxylic acids is 1. The quantitative estimate of drug-likeness (QED) is 0.603. The summed E-state index contributed by atoms with van der Waals surface area (Å²) in [4.78, 5) is 20.3. The van der Waals surface area contributed by atoms with Crippen LogP contribution in [0.15, 0.2) is 48.5 Å². The Kier molecular flexibility index (Phi) is 8.25. The number of hydrogen-bond acceptors (Lipinski definition) is 3. The smallest absolute Gasteiger partial charge is 0.254 e. The Bertz CT molecular complexity index is 1030. The van der Waals surface area contributed by atoms with Crippen molar-refractivity contribution in [3.05, 3.63) is 65.2 Å². The molecule has 0 radical (unpaired) electrons. The summed E-state index contributed by atoms with van der Waals surface area (Å²) in [6.45, 7) is 5.78. The second-order valence-corrected chi connectivity index (χ2v) is 7.75. The summed E-state index contributed by atoms with van der Waals surface area (Å²) in [6, 6.07) is 16.8. The Morgan fingerprint density at radius 2 is 1.73 bits per heavy atom. The molecule has 1 aliphatic rings. The lowest BCUT2D eigenvalue weighted by atomic mass is 9.98. The molecule has 2 heterocycles. The van der Waals surface area contributed by atoms with Crippen LogP contribution in [-0.4, -0.2) is 42.0 Å². The molecule has 160 valence electrons. The van der Waals surface area contributed by atoms with Crippen LogP contribution in [0.2, 0.25) is 0 Å². The van der Waals surface area contributed by atoms with E-state index in [1.165, 1.54) is 11.1 Å². The molecule has 1 fully saturated rings. The highest BCUT2D eigenvalue weighted by Gasteiger charge is 2.24. The Morgan fingerprint density at radius 3 is 2.40 bits per heavy atom. The van der Waals surface area contributed by atoms with E-state index in [0.717, 1.165) is 53.7 Å². The van der Waals surface area contributed by atoms with Gasteiger partial charge in [-0.2, -0.15) is 0 Å². The van der Waals surface area contributed by atoms with Crippen molar-refractivity contribution in [2.24, 2.45) is 0 Å². The van der Waals surface area contributed by atoms with E-state index < -0.39 is 0 Å². The minimum Gasteiger partial charge on any atom is -0.339 e. The average molecular weight is 446 g/mol. The molecule has 0 aliphatic carbocycles. The SMILES string of the molecule is CNC1CCN(C(=O)c2cc(-c3ccc(C)cc3C)nc3ccccc23)CC1.Cl.Cl. The monoisotopic (exact) mass is 445 g/mol. The molecule has 0 atom stereocenters. The molecule has 2 aromatic carbocycles. The second-order valence-electron chi connectivity index (χ2n) is 7.75. The number of fused-ring (bicyclic) bond motifs is 1. The van der Waals surface area contributed by atoms with Crippen molar-refractivity contribution >= 4 is 41.6 Å². The largest absolute Gasteiger partial charge is 0.339 e. The summed E-state index contributed by atoms with van der Waals surface area (Å²) >= 11 is 0. The lowest BCUT2D eigenvalue weighted by Gasteiger charge is -2.32. The molecule has 3 aromatic rings. The molecule has 1 saturated heterocycles. The van der Waals surface area contributed by atoms with Crippen LogP contribution in [0.3, 0.4) is 0 Å². The third kappa shape index (κ3) is 4.77. The van der Waals surface area contributed by atoms with E-state index in [-0.39, 0.29) is 30.7 Å². The molecule has 0 spiro atoms. The molecule has 4 rings (SSSR count). The van der Waals surface area contributed by atoms with Crippen molar-refractivity contribution in [3.8, 4) is 11.3 Å².